The Kier molecular flexibility index (Phi) is 37.8. The second-order valence-electron chi connectivity index (χ2n) is 37.4. The summed E-state index contributed by atoms with van der Waals surface area (Å²) in [5.74, 6) is 4.35. The van der Waals surface area contributed by atoms with Gasteiger partial charge in [0.2, 0.25) is 0 Å². The highest BCUT2D eigenvalue weighted by molar-refractivity contribution is 7.32. The van der Waals surface area contributed by atoms with Crippen molar-refractivity contribution in [1.29, 1.82) is 0 Å². The molecule has 7 atom stereocenters. The number of carboxylic acids is 1. The summed E-state index contributed by atoms with van der Waals surface area (Å²) in [6.45, 7) is 43.2. The van der Waals surface area contributed by atoms with E-state index in [1.807, 2.05) is 255 Å². The highest BCUT2D eigenvalue weighted by atomic mass is 31.1. The number of aromatic hydroxyl groups is 1. The van der Waals surface area contributed by atoms with E-state index in [0.717, 1.165) is 118 Å². The second kappa shape index (κ2) is 49.4. The van der Waals surface area contributed by atoms with Gasteiger partial charge in [0, 0.05) is 37.9 Å². The molecule has 2 N–H and O–H groups in total. The maximum Gasteiger partial charge on any atom is 0.519 e. The van der Waals surface area contributed by atoms with Gasteiger partial charge in [0.05, 0.1) is 61.7 Å². The van der Waals surface area contributed by atoms with Gasteiger partial charge in [-0.2, -0.15) is 0 Å². The van der Waals surface area contributed by atoms with Crippen molar-refractivity contribution in [3.8, 4) is 80.5 Å². The zero-order valence-corrected chi connectivity index (χ0v) is 91.8. The first-order chi connectivity index (χ1) is 68.7. The van der Waals surface area contributed by atoms with Gasteiger partial charge in [-0.25, -0.2) is 24.0 Å². The Bertz CT molecular complexity index is 6680. The molecule has 7 unspecified atom stereocenters. The Hall–Kier alpha value is -12.6. The number of aromatic carboxylic acids is 1. The van der Waals surface area contributed by atoms with Crippen LogP contribution >= 0.6 is 61.7 Å². The van der Waals surface area contributed by atoms with E-state index in [1.54, 1.807) is 78.9 Å². The van der Waals surface area contributed by atoms with Crippen LogP contribution < -0.4 is 60.1 Å². The number of hydrogen-bond donors (Lipinski definition) is 2. The fourth-order valence-corrected chi connectivity index (χ4v) is 19.1. The van der Waals surface area contributed by atoms with Crippen LogP contribution in [0.2, 0.25) is 0 Å². The molecule has 14 aromatic rings. The van der Waals surface area contributed by atoms with Gasteiger partial charge in [-0.3, -0.25) is 0 Å². The molecular weight excluding hydrogens is 1940 g/mol. The van der Waals surface area contributed by atoms with Gasteiger partial charge < -0.3 is 70.3 Å². The molecule has 0 radical (unpaired) electrons. The normalized spacial score (nSPS) is 12.2. The second-order valence-corrected chi connectivity index (χ2v) is 41.7. The van der Waals surface area contributed by atoms with E-state index in [2.05, 4.69) is 119 Å². The third kappa shape index (κ3) is 27.7. The van der Waals surface area contributed by atoms with Crippen LogP contribution in [0.25, 0.3) is 0 Å². The third-order valence-corrected chi connectivity index (χ3v) is 29.0. The molecule has 20 nitrogen and oxygen atoms in total. The molecule has 748 valence electrons. The lowest BCUT2D eigenvalue weighted by Gasteiger charge is -2.27. The minimum absolute atomic E-state index is 0.00445. The predicted octanol–water partition coefficient (Wildman–Crippen LogP) is 30.6. The molecule has 0 fully saturated rings. The van der Waals surface area contributed by atoms with Crippen molar-refractivity contribution in [2.75, 3.05) is 46.7 Å². The predicted molar refractivity (Wildman–Crippen MR) is 591 cm³/mol. The first kappa shape index (κ1) is 110. The monoisotopic (exact) mass is 2070 g/mol. The minimum Gasteiger partial charge on any atom is -0.507 e. The van der Waals surface area contributed by atoms with Crippen molar-refractivity contribution >= 4 is 91.9 Å². The molecule has 144 heavy (non-hydrogen) atoms. The topological polar surface area (TPSA) is 246 Å². The Morgan fingerprint density at radius 3 is 0.562 bits per heavy atom. The first-order valence-electron chi connectivity index (χ1n) is 46.8. The van der Waals surface area contributed by atoms with Crippen LogP contribution in [0.15, 0.2) is 322 Å². The summed E-state index contributed by atoms with van der Waals surface area (Å²) in [5, 5.41) is 20.4. The summed E-state index contributed by atoms with van der Waals surface area (Å²) < 4.78 is 73.1. The van der Waals surface area contributed by atoms with Crippen molar-refractivity contribution in [3.05, 3.63) is 416 Å². The molecule has 0 saturated heterocycles. The van der Waals surface area contributed by atoms with E-state index in [0.29, 0.717) is 78.9 Å². The molecule has 27 heteroatoms. The number of carbonyl (C=O) groups excluding carboxylic acids is 4. The largest absolute Gasteiger partial charge is 0.519 e. The molecule has 0 saturated carbocycles. The number of phenolic OH excluding ortho intramolecular Hbond substituents is 1. The van der Waals surface area contributed by atoms with Crippen molar-refractivity contribution < 1.29 is 94.3 Å². The van der Waals surface area contributed by atoms with E-state index in [4.69, 9.17) is 60.1 Å². The van der Waals surface area contributed by atoms with E-state index in [1.165, 1.54) is 12.1 Å². The molecule has 14 aromatic carbocycles. The van der Waals surface area contributed by atoms with Crippen LogP contribution in [0.4, 0.5) is 9.59 Å². The van der Waals surface area contributed by atoms with Crippen molar-refractivity contribution in [2.24, 2.45) is 0 Å². The van der Waals surface area contributed by atoms with Gasteiger partial charge in [0.25, 0.3) is 0 Å². The number of hydrogen-bond acceptors (Lipinski definition) is 19. The zero-order valence-electron chi connectivity index (χ0n) is 84.8. The summed E-state index contributed by atoms with van der Waals surface area (Å²) >= 11 is 0. The van der Waals surface area contributed by atoms with Crippen LogP contribution in [0.3, 0.4) is 0 Å². The van der Waals surface area contributed by atoms with E-state index in [9.17, 15) is 34.2 Å². The van der Waals surface area contributed by atoms with Gasteiger partial charge in [-0.15, -0.1) is 0 Å². The standard InChI is InChI=1S/C50H53O8P3.C34H36O7P2.C33H36O5P2/c1-48(2,35-14-25-41(26-15-35)56-59-7)33-10-21-39(22-11-33)53-46(51)44-32-38(50(5,6)37-18-29-43(30-19-37)58-61-9)20-31-45(44)55-47(52)54-40-23-12-34(13-24-40)49(3,4)36-16-27-42(28-17-36)57-60-8;1-33(2,23-9-16-27(17-10-23)40-42-5)22-7-14-26(15-8-22)38-32(37)39-30-20-13-25(21-29(30)31(35)36)34(3,4)24-11-18-28(19-12-24)41-43-6;1-32(2,23-9-16-27(17-10-23)37-39-5)22-7-14-26(15-8-22)36-31(35)29-21-25(13-20-30(29)34)33(3,4)24-11-18-28(19-12-24)38-40-6/h10-32,59-61H,1-9H3;7-21,42-43H,1-6H3,(H,35,36);7-21,34,39-40H,1-6H3. The molecule has 0 aromatic heterocycles. The fourth-order valence-electron chi connectivity index (χ4n) is 16.5. The Morgan fingerprint density at radius 2 is 0.354 bits per heavy atom. The Balaban J connectivity index is 0.000000198. The number of ether oxygens (including phenoxy) is 6. The number of esters is 2. The molecule has 0 aliphatic heterocycles. The Morgan fingerprint density at radius 1 is 0.194 bits per heavy atom. The minimum atomic E-state index is -1.21. The quantitative estimate of drug-likeness (QED) is 0.0159. The lowest BCUT2D eigenvalue weighted by molar-refractivity contribution is 0.0688. The number of carboxylic acid groups (broad SMARTS) is 1. The van der Waals surface area contributed by atoms with Gasteiger partial charge in [0.1, 0.15) is 97.2 Å². The van der Waals surface area contributed by atoms with Crippen LogP contribution in [0.5, 0.6) is 80.5 Å². The molecule has 14 rings (SSSR count). The Labute approximate surface area is 858 Å². The van der Waals surface area contributed by atoms with Crippen molar-refractivity contribution in [3.63, 3.8) is 0 Å². The molecule has 0 bridgehead atoms. The fraction of sp³-hybridized carbons (Fsp3) is 0.239. The summed E-state index contributed by atoms with van der Waals surface area (Å²) in [4.78, 5) is 65.4. The van der Waals surface area contributed by atoms with Gasteiger partial charge in [-0.05, 0) is 294 Å². The van der Waals surface area contributed by atoms with E-state index >= 15 is 0 Å². The first-order valence-corrected chi connectivity index (χ1v) is 56.6. The zero-order chi connectivity index (χ0) is 104. The summed E-state index contributed by atoms with van der Waals surface area (Å²) in [7, 11) is 2.58. The molecule has 0 amide bonds. The van der Waals surface area contributed by atoms with Crippen molar-refractivity contribution in [2.45, 2.75) is 135 Å². The maximum absolute atomic E-state index is 14.1. The van der Waals surface area contributed by atoms with E-state index < -0.39 is 46.5 Å². The summed E-state index contributed by atoms with van der Waals surface area (Å²) in [5.41, 5.74) is 11.6. The van der Waals surface area contributed by atoms with Crippen molar-refractivity contribution in [1.82, 2.24) is 0 Å². The maximum atomic E-state index is 14.1. The third-order valence-electron chi connectivity index (χ3n) is 25.9. The average molecular weight is 2070 g/mol. The number of phenols is 1. The molecule has 0 spiro atoms. The van der Waals surface area contributed by atoms with Crippen LogP contribution in [0, 0.1) is 0 Å². The number of rotatable bonds is 37. The highest BCUT2D eigenvalue weighted by Gasteiger charge is 2.34. The highest BCUT2D eigenvalue weighted by Crippen LogP contribution is 2.45. The number of benzene rings is 14. The van der Waals surface area contributed by atoms with Gasteiger partial charge >= 0.3 is 30.2 Å². The van der Waals surface area contributed by atoms with Crippen LogP contribution in [-0.4, -0.2) is 87.1 Å². The lowest BCUT2D eigenvalue weighted by Crippen LogP contribution is -2.22. The number of carbonyl (C=O) groups is 5. The molecule has 0 heterocycles. The van der Waals surface area contributed by atoms with Crippen LogP contribution in [-0.2, 0) is 37.9 Å². The summed E-state index contributed by atoms with van der Waals surface area (Å²) in [6, 6.07) is 100. The molecule has 0 aliphatic carbocycles. The summed E-state index contributed by atoms with van der Waals surface area (Å²) in [6.07, 6.45) is -2.02. The average Bonchev–Trinajstić information content (AvgIpc) is 0.787. The lowest BCUT2D eigenvalue weighted by atomic mass is 9.77. The molecule has 0 aliphatic rings. The van der Waals surface area contributed by atoms with Crippen LogP contribution in [0.1, 0.15) is 206 Å². The van der Waals surface area contributed by atoms with E-state index in [-0.39, 0.29) is 61.3 Å². The van der Waals surface area contributed by atoms with Gasteiger partial charge in [0.15, 0.2) is 0 Å². The van der Waals surface area contributed by atoms with Gasteiger partial charge in [-0.1, -0.05) is 249 Å². The molecular formula is C117H125O20P7. The SMILES string of the molecule is CPOc1ccc(C(C)(C)c2ccc(OC(=O)Oc3ccc(C(C)(C)c4ccc(OPC)cc4)cc3C(=O)O)cc2)cc1.CPOc1ccc(C(C)(C)c2ccc(OC(=O)Oc3ccc(C(C)(C)c4ccc(OPC)cc4)cc3C(=O)Oc3ccc(C(C)(C)c4ccc(OPC)cc4)cc3)cc2)cc1.CPOc1ccc(C(C)(C)c2ccc(OC(=O)c3cc(C(C)(C)c4ccc(OPC)cc4)ccc3O)cc2)cc1. The smallest absolute Gasteiger partial charge is 0.507 e.